The normalized spacial score (nSPS) is 18.2. The van der Waals surface area contributed by atoms with Crippen LogP contribution in [0.2, 0.25) is 0 Å². The van der Waals surface area contributed by atoms with Gasteiger partial charge in [-0.15, -0.1) is 0 Å². The number of hydrogen-bond acceptors (Lipinski definition) is 7. The third-order valence-corrected chi connectivity index (χ3v) is 5.84. The minimum atomic E-state index is -0.652. The van der Waals surface area contributed by atoms with E-state index in [1.54, 1.807) is 26.6 Å². The fourth-order valence-corrected chi connectivity index (χ4v) is 3.67. The molecule has 1 aromatic heterocycles. The molecule has 2 fully saturated rings. The number of methoxy groups -OCH3 is 2. The number of anilines is 2. The van der Waals surface area contributed by atoms with E-state index in [9.17, 15) is 4.79 Å². The number of amides is 1. The topological polar surface area (TPSA) is 85.8 Å². The van der Waals surface area contributed by atoms with Crippen LogP contribution in [0.3, 0.4) is 0 Å². The number of nitrogens with one attached hydrogen (secondary N) is 1. The monoisotopic (exact) mass is 412 g/mol. The number of carbonyl (C=O) groups excluding carboxylic acids is 1. The standard InChI is InChI=1S/C22H28N4O4/c1-15-12-16(25-20(27)22(29-3)8-9-22)4-5-19(15)30-18-13-23-21(24-14-18)26-10-6-17(28-2)7-11-26/h4-5,12-14,17H,6-11H2,1-3H3,(H,25,27). The molecule has 2 heterocycles. The van der Waals surface area contributed by atoms with Gasteiger partial charge >= 0.3 is 0 Å². The summed E-state index contributed by atoms with van der Waals surface area (Å²) in [6, 6.07) is 5.54. The number of rotatable bonds is 7. The van der Waals surface area contributed by atoms with Gasteiger partial charge in [-0.05, 0) is 56.4 Å². The molecule has 1 saturated heterocycles. The highest BCUT2D eigenvalue weighted by atomic mass is 16.5. The maximum atomic E-state index is 12.3. The third-order valence-electron chi connectivity index (χ3n) is 5.84. The second-order valence-corrected chi connectivity index (χ2v) is 7.88. The molecule has 30 heavy (non-hydrogen) atoms. The summed E-state index contributed by atoms with van der Waals surface area (Å²) < 4.78 is 16.7. The summed E-state index contributed by atoms with van der Waals surface area (Å²) in [5.41, 5.74) is 0.973. The lowest BCUT2D eigenvalue weighted by molar-refractivity contribution is -0.128. The van der Waals surface area contributed by atoms with Crippen molar-refractivity contribution in [2.75, 3.05) is 37.5 Å². The number of hydrogen-bond donors (Lipinski definition) is 1. The van der Waals surface area contributed by atoms with Gasteiger partial charge in [-0.3, -0.25) is 4.79 Å². The third kappa shape index (κ3) is 4.39. The maximum Gasteiger partial charge on any atom is 0.256 e. The van der Waals surface area contributed by atoms with E-state index in [0.717, 1.165) is 50.0 Å². The molecule has 2 aromatic rings. The van der Waals surface area contributed by atoms with Crippen molar-refractivity contribution in [3.05, 3.63) is 36.2 Å². The average Bonchev–Trinajstić information content (AvgIpc) is 3.58. The molecule has 160 valence electrons. The summed E-state index contributed by atoms with van der Waals surface area (Å²) in [5.74, 6) is 1.87. The van der Waals surface area contributed by atoms with Gasteiger partial charge in [-0.2, -0.15) is 0 Å². The van der Waals surface area contributed by atoms with Crippen LogP contribution in [0.15, 0.2) is 30.6 Å². The molecule has 0 unspecified atom stereocenters. The largest absolute Gasteiger partial charge is 0.454 e. The fourth-order valence-electron chi connectivity index (χ4n) is 3.67. The number of aromatic nitrogens is 2. The van der Waals surface area contributed by atoms with E-state index < -0.39 is 5.60 Å². The predicted molar refractivity (Wildman–Crippen MR) is 113 cm³/mol. The smallest absolute Gasteiger partial charge is 0.256 e. The van der Waals surface area contributed by atoms with Crippen LogP contribution in [-0.2, 0) is 14.3 Å². The van der Waals surface area contributed by atoms with Gasteiger partial charge in [0.2, 0.25) is 5.95 Å². The molecule has 0 spiro atoms. The molecular formula is C22H28N4O4. The van der Waals surface area contributed by atoms with E-state index in [4.69, 9.17) is 14.2 Å². The first-order valence-corrected chi connectivity index (χ1v) is 10.3. The fraction of sp³-hybridized carbons (Fsp3) is 0.500. The Hall–Kier alpha value is -2.71. The molecule has 1 amide bonds. The highest BCUT2D eigenvalue weighted by Crippen LogP contribution is 2.40. The Morgan fingerprint density at radius 2 is 1.87 bits per heavy atom. The van der Waals surface area contributed by atoms with E-state index >= 15 is 0 Å². The first-order valence-electron chi connectivity index (χ1n) is 10.3. The molecule has 8 heteroatoms. The van der Waals surface area contributed by atoms with Crippen molar-refractivity contribution >= 4 is 17.5 Å². The second kappa shape index (κ2) is 8.57. The minimum absolute atomic E-state index is 0.100. The van der Waals surface area contributed by atoms with Crippen molar-refractivity contribution in [3.8, 4) is 11.5 Å². The van der Waals surface area contributed by atoms with E-state index in [-0.39, 0.29) is 5.91 Å². The van der Waals surface area contributed by atoms with Crippen molar-refractivity contribution in [2.45, 2.75) is 44.3 Å². The van der Waals surface area contributed by atoms with Crippen molar-refractivity contribution in [2.24, 2.45) is 0 Å². The zero-order chi connectivity index (χ0) is 21.1. The summed E-state index contributed by atoms with van der Waals surface area (Å²) in [5, 5.41) is 2.92. The van der Waals surface area contributed by atoms with Crippen LogP contribution in [0.4, 0.5) is 11.6 Å². The lowest BCUT2D eigenvalue weighted by Crippen LogP contribution is -2.37. The molecule has 8 nitrogen and oxygen atoms in total. The molecule has 4 rings (SSSR count). The number of ether oxygens (including phenoxy) is 3. The Kier molecular flexibility index (Phi) is 5.87. The van der Waals surface area contributed by atoms with Gasteiger partial charge in [0.25, 0.3) is 5.91 Å². The molecule has 0 atom stereocenters. The van der Waals surface area contributed by atoms with Crippen LogP contribution >= 0.6 is 0 Å². The number of nitrogens with zero attached hydrogens (tertiary/aromatic N) is 3. The summed E-state index contributed by atoms with van der Waals surface area (Å²) in [6.07, 6.45) is 7.18. The summed E-state index contributed by atoms with van der Waals surface area (Å²) >= 11 is 0. The number of benzene rings is 1. The van der Waals surface area contributed by atoms with Gasteiger partial charge in [0.15, 0.2) is 5.75 Å². The number of piperidine rings is 1. The Labute approximate surface area is 176 Å². The Balaban J connectivity index is 1.36. The van der Waals surface area contributed by atoms with Crippen LogP contribution < -0.4 is 15.0 Å². The van der Waals surface area contributed by atoms with E-state index in [2.05, 4.69) is 20.2 Å². The molecule has 0 bridgehead atoms. The molecule has 1 saturated carbocycles. The van der Waals surface area contributed by atoms with Crippen LogP contribution in [0.1, 0.15) is 31.2 Å². The highest BCUT2D eigenvalue weighted by molar-refractivity contribution is 5.99. The van der Waals surface area contributed by atoms with Crippen LogP contribution in [0.25, 0.3) is 0 Å². The molecule has 1 aliphatic heterocycles. The van der Waals surface area contributed by atoms with Crippen molar-refractivity contribution in [1.29, 1.82) is 0 Å². The molecular weight excluding hydrogens is 384 g/mol. The van der Waals surface area contributed by atoms with Gasteiger partial charge in [0.05, 0.1) is 18.5 Å². The van der Waals surface area contributed by atoms with Crippen molar-refractivity contribution in [3.63, 3.8) is 0 Å². The van der Waals surface area contributed by atoms with Gasteiger partial charge < -0.3 is 24.4 Å². The van der Waals surface area contributed by atoms with Gasteiger partial charge in [0, 0.05) is 33.0 Å². The first-order chi connectivity index (χ1) is 14.5. The average molecular weight is 412 g/mol. The molecule has 1 aliphatic carbocycles. The lowest BCUT2D eigenvalue weighted by atomic mass is 10.1. The zero-order valence-corrected chi connectivity index (χ0v) is 17.7. The summed E-state index contributed by atoms with van der Waals surface area (Å²) in [4.78, 5) is 23.4. The second-order valence-electron chi connectivity index (χ2n) is 7.88. The highest BCUT2D eigenvalue weighted by Gasteiger charge is 2.50. The van der Waals surface area contributed by atoms with Gasteiger partial charge in [0.1, 0.15) is 11.4 Å². The maximum absolute atomic E-state index is 12.3. The van der Waals surface area contributed by atoms with Gasteiger partial charge in [-0.1, -0.05) is 0 Å². The van der Waals surface area contributed by atoms with Crippen molar-refractivity contribution < 1.29 is 19.0 Å². The summed E-state index contributed by atoms with van der Waals surface area (Å²) in [6.45, 7) is 3.70. The Morgan fingerprint density at radius 1 is 1.17 bits per heavy atom. The molecule has 0 radical (unpaired) electrons. The van der Waals surface area contributed by atoms with Crippen molar-refractivity contribution in [1.82, 2.24) is 9.97 Å². The van der Waals surface area contributed by atoms with E-state index in [0.29, 0.717) is 23.6 Å². The summed E-state index contributed by atoms with van der Waals surface area (Å²) in [7, 11) is 3.33. The first kappa shape index (κ1) is 20.6. The predicted octanol–water partition coefficient (Wildman–Crippen LogP) is 3.31. The van der Waals surface area contributed by atoms with Gasteiger partial charge in [-0.25, -0.2) is 9.97 Å². The van der Waals surface area contributed by atoms with Crippen LogP contribution in [0, 0.1) is 6.92 Å². The Bertz CT molecular complexity index is 891. The quantitative estimate of drug-likeness (QED) is 0.747. The zero-order valence-electron chi connectivity index (χ0n) is 17.7. The van der Waals surface area contributed by atoms with E-state index in [1.165, 1.54) is 0 Å². The number of carbonyl (C=O) groups is 1. The SMILES string of the molecule is COC1CCN(c2ncc(Oc3ccc(NC(=O)C4(OC)CC4)cc3C)cn2)CC1. The molecule has 2 aliphatic rings. The molecule has 1 aromatic carbocycles. The van der Waals surface area contributed by atoms with E-state index in [1.807, 2.05) is 25.1 Å². The number of aryl methyl sites for hydroxylation is 1. The van der Waals surface area contributed by atoms with Crippen LogP contribution in [0.5, 0.6) is 11.5 Å². The minimum Gasteiger partial charge on any atom is -0.454 e. The molecule has 1 N–H and O–H groups in total. The van der Waals surface area contributed by atoms with Crippen LogP contribution in [-0.4, -0.2) is 54.9 Å². The lowest BCUT2D eigenvalue weighted by Gasteiger charge is -2.31. The Morgan fingerprint density at radius 3 is 2.43 bits per heavy atom.